The van der Waals surface area contributed by atoms with Crippen molar-refractivity contribution in [1.82, 2.24) is 10.1 Å². The first-order chi connectivity index (χ1) is 9.90. The highest BCUT2D eigenvalue weighted by atomic mass is 16.5. The Morgan fingerprint density at radius 3 is 2.60 bits per heavy atom. The molecule has 0 aliphatic heterocycles. The van der Waals surface area contributed by atoms with E-state index in [9.17, 15) is 0 Å². The molecule has 0 aliphatic carbocycles. The molecule has 3 aromatic rings. The molecule has 0 aliphatic rings. The monoisotopic (exact) mass is 266 g/mol. The van der Waals surface area contributed by atoms with Crippen molar-refractivity contribution in [2.24, 2.45) is 0 Å². The molecule has 0 spiro atoms. The van der Waals surface area contributed by atoms with Gasteiger partial charge in [-0.2, -0.15) is 4.98 Å². The highest BCUT2D eigenvalue weighted by Gasteiger charge is 2.03. The van der Waals surface area contributed by atoms with E-state index in [-0.39, 0.29) is 0 Å². The third kappa shape index (κ3) is 3.23. The molecule has 0 unspecified atom stereocenters. The van der Waals surface area contributed by atoms with Crippen LogP contribution >= 0.6 is 0 Å². The van der Waals surface area contributed by atoms with E-state index in [2.05, 4.69) is 10.1 Å². The summed E-state index contributed by atoms with van der Waals surface area (Å²) >= 11 is 0. The summed E-state index contributed by atoms with van der Waals surface area (Å²) in [5.41, 5.74) is 2.24. The zero-order valence-electron chi connectivity index (χ0n) is 10.9. The molecule has 0 bridgehead atoms. The molecule has 0 N–H and O–H groups in total. The summed E-state index contributed by atoms with van der Waals surface area (Å²) < 4.78 is 10.5. The summed E-state index contributed by atoms with van der Waals surface area (Å²) in [5.74, 6) is 1.51. The zero-order chi connectivity index (χ0) is 13.6. The van der Waals surface area contributed by atoms with Gasteiger partial charge >= 0.3 is 0 Å². The summed E-state index contributed by atoms with van der Waals surface area (Å²) in [5, 5.41) is 3.81. The van der Waals surface area contributed by atoms with Gasteiger partial charge in [0.05, 0.1) is 0 Å². The van der Waals surface area contributed by atoms with Gasteiger partial charge in [-0.05, 0) is 23.3 Å². The SMILES string of the molecule is c1ccc(COc2cccc(Cc3ncon3)c2)cc1. The number of ether oxygens (including phenoxy) is 1. The molecule has 2 aromatic carbocycles. The zero-order valence-corrected chi connectivity index (χ0v) is 10.9. The maximum absolute atomic E-state index is 5.79. The van der Waals surface area contributed by atoms with Crippen molar-refractivity contribution in [3.05, 3.63) is 77.9 Å². The van der Waals surface area contributed by atoms with Crippen LogP contribution in [0.1, 0.15) is 17.0 Å². The fourth-order valence-corrected chi connectivity index (χ4v) is 1.94. The predicted molar refractivity (Wildman–Crippen MR) is 74.3 cm³/mol. The molecule has 0 amide bonds. The average molecular weight is 266 g/mol. The third-order valence-electron chi connectivity index (χ3n) is 2.92. The van der Waals surface area contributed by atoms with Crippen LogP contribution in [0.5, 0.6) is 5.75 Å². The van der Waals surface area contributed by atoms with Crippen molar-refractivity contribution >= 4 is 0 Å². The van der Waals surface area contributed by atoms with Crippen LogP contribution in [0.3, 0.4) is 0 Å². The second kappa shape index (κ2) is 6.02. The average Bonchev–Trinajstić information content (AvgIpc) is 3.00. The lowest BCUT2D eigenvalue weighted by molar-refractivity contribution is 0.306. The van der Waals surface area contributed by atoms with E-state index in [1.54, 1.807) is 0 Å². The molecule has 3 rings (SSSR count). The van der Waals surface area contributed by atoms with Gasteiger partial charge < -0.3 is 9.26 Å². The summed E-state index contributed by atoms with van der Waals surface area (Å²) in [7, 11) is 0. The van der Waals surface area contributed by atoms with Crippen LogP contribution in [-0.4, -0.2) is 10.1 Å². The van der Waals surface area contributed by atoms with Crippen LogP contribution < -0.4 is 4.74 Å². The van der Waals surface area contributed by atoms with Crippen molar-refractivity contribution in [1.29, 1.82) is 0 Å². The molecule has 1 heterocycles. The fraction of sp³-hybridized carbons (Fsp3) is 0.125. The van der Waals surface area contributed by atoms with Gasteiger partial charge in [0.1, 0.15) is 12.4 Å². The molecule has 0 fully saturated rings. The standard InChI is InChI=1S/C16H14N2O2/c1-2-5-13(6-3-1)11-19-15-8-4-7-14(9-15)10-16-17-12-20-18-16/h1-9,12H,10-11H2. The Morgan fingerprint density at radius 2 is 1.80 bits per heavy atom. The predicted octanol–water partition coefficient (Wildman–Crippen LogP) is 3.24. The Hall–Kier alpha value is -2.62. The molecule has 0 radical (unpaired) electrons. The summed E-state index contributed by atoms with van der Waals surface area (Å²) in [6, 6.07) is 18.0. The van der Waals surface area contributed by atoms with Crippen LogP contribution in [0.2, 0.25) is 0 Å². The molecular weight excluding hydrogens is 252 g/mol. The van der Waals surface area contributed by atoms with E-state index >= 15 is 0 Å². The second-order valence-electron chi connectivity index (χ2n) is 4.45. The highest BCUT2D eigenvalue weighted by Crippen LogP contribution is 2.16. The van der Waals surface area contributed by atoms with E-state index in [0.717, 1.165) is 16.9 Å². The first-order valence-electron chi connectivity index (χ1n) is 6.41. The maximum Gasteiger partial charge on any atom is 0.213 e. The summed E-state index contributed by atoms with van der Waals surface area (Å²) in [6.45, 7) is 0.562. The van der Waals surface area contributed by atoms with E-state index in [1.165, 1.54) is 6.39 Å². The van der Waals surface area contributed by atoms with E-state index in [4.69, 9.17) is 9.26 Å². The highest BCUT2D eigenvalue weighted by molar-refractivity contribution is 5.30. The first kappa shape index (κ1) is 12.4. The second-order valence-corrected chi connectivity index (χ2v) is 4.45. The van der Waals surface area contributed by atoms with Crippen LogP contribution in [-0.2, 0) is 13.0 Å². The van der Waals surface area contributed by atoms with Gasteiger partial charge in [0.15, 0.2) is 5.82 Å². The molecule has 1 aromatic heterocycles. The first-order valence-corrected chi connectivity index (χ1v) is 6.41. The van der Waals surface area contributed by atoms with Crippen molar-refractivity contribution < 1.29 is 9.26 Å². The number of nitrogens with zero attached hydrogens (tertiary/aromatic N) is 2. The fourth-order valence-electron chi connectivity index (χ4n) is 1.94. The van der Waals surface area contributed by atoms with Gasteiger partial charge in [-0.15, -0.1) is 0 Å². The quantitative estimate of drug-likeness (QED) is 0.711. The van der Waals surface area contributed by atoms with Gasteiger partial charge in [0.2, 0.25) is 6.39 Å². The van der Waals surface area contributed by atoms with Gasteiger partial charge in [-0.25, -0.2) is 0 Å². The Kier molecular flexibility index (Phi) is 3.73. The topological polar surface area (TPSA) is 48.2 Å². The molecule has 0 saturated carbocycles. The summed E-state index contributed by atoms with van der Waals surface area (Å²) in [4.78, 5) is 4.02. The van der Waals surface area contributed by atoms with E-state index in [1.807, 2.05) is 54.6 Å². The van der Waals surface area contributed by atoms with Gasteiger partial charge in [-0.3, -0.25) is 0 Å². The van der Waals surface area contributed by atoms with Crippen molar-refractivity contribution in [3.63, 3.8) is 0 Å². The Labute approximate surface area is 117 Å². The minimum absolute atomic E-state index is 0.562. The largest absolute Gasteiger partial charge is 0.489 e. The minimum atomic E-state index is 0.562. The lowest BCUT2D eigenvalue weighted by atomic mass is 10.1. The molecule has 4 nitrogen and oxygen atoms in total. The van der Waals surface area contributed by atoms with E-state index in [0.29, 0.717) is 18.9 Å². The smallest absolute Gasteiger partial charge is 0.213 e. The summed E-state index contributed by atoms with van der Waals surface area (Å²) in [6.07, 6.45) is 1.98. The number of benzene rings is 2. The van der Waals surface area contributed by atoms with Crippen LogP contribution in [0, 0.1) is 0 Å². The normalized spacial score (nSPS) is 10.4. The van der Waals surface area contributed by atoms with Crippen LogP contribution in [0.4, 0.5) is 0 Å². The van der Waals surface area contributed by atoms with Crippen molar-refractivity contribution in [2.75, 3.05) is 0 Å². The van der Waals surface area contributed by atoms with E-state index < -0.39 is 0 Å². The number of aromatic nitrogens is 2. The minimum Gasteiger partial charge on any atom is -0.489 e. The van der Waals surface area contributed by atoms with Crippen molar-refractivity contribution in [2.45, 2.75) is 13.0 Å². The molecule has 4 heteroatoms. The lowest BCUT2D eigenvalue weighted by Crippen LogP contribution is -1.96. The molecule has 100 valence electrons. The maximum atomic E-state index is 5.79. The number of rotatable bonds is 5. The molecule has 0 saturated heterocycles. The number of hydrogen-bond acceptors (Lipinski definition) is 4. The lowest BCUT2D eigenvalue weighted by Gasteiger charge is -2.07. The van der Waals surface area contributed by atoms with Gasteiger partial charge in [0, 0.05) is 6.42 Å². The Balaban J connectivity index is 1.65. The van der Waals surface area contributed by atoms with Gasteiger partial charge in [-0.1, -0.05) is 47.6 Å². The van der Waals surface area contributed by atoms with Crippen LogP contribution in [0.15, 0.2) is 65.5 Å². The molecular formula is C16H14N2O2. The third-order valence-corrected chi connectivity index (χ3v) is 2.92. The number of hydrogen-bond donors (Lipinski definition) is 0. The molecule has 20 heavy (non-hydrogen) atoms. The Bertz CT molecular complexity index is 651. The Morgan fingerprint density at radius 1 is 0.950 bits per heavy atom. The van der Waals surface area contributed by atoms with Gasteiger partial charge in [0.25, 0.3) is 0 Å². The molecule has 0 atom stereocenters. The van der Waals surface area contributed by atoms with Crippen molar-refractivity contribution in [3.8, 4) is 5.75 Å². The van der Waals surface area contributed by atoms with Crippen LogP contribution in [0.25, 0.3) is 0 Å².